The summed E-state index contributed by atoms with van der Waals surface area (Å²) in [5.74, 6) is 0. The summed E-state index contributed by atoms with van der Waals surface area (Å²) >= 11 is 1.53. The van der Waals surface area contributed by atoms with Gasteiger partial charge in [-0.15, -0.1) is 11.3 Å². The number of thiazole rings is 1. The highest BCUT2D eigenvalue weighted by Gasteiger charge is 2.29. The van der Waals surface area contributed by atoms with E-state index in [1.807, 2.05) is 5.38 Å². The summed E-state index contributed by atoms with van der Waals surface area (Å²) in [5, 5.41) is 5.01. The first-order chi connectivity index (χ1) is 8.55. The SMILES string of the molecule is FC(F)(F)c1ccc(NCCc2cscn2)cc1. The van der Waals surface area contributed by atoms with Gasteiger partial charge in [0.1, 0.15) is 0 Å². The van der Waals surface area contributed by atoms with Crippen molar-refractivity contribution in [3.05, 3.63) is 46.4 Å². The van der Waals surface area contributed by atoms with Crippen molar-refractivity contribution in [1.29, 1.82) is 0 Å². The number of rotatable bonds is 4. The molecule has 1 aromatic carbocycles. The Balaban J connectivity index is 1.87. The minimum atomic E-state index is -4.28. The van der Waals surface area contributed by atoms with E-state index in [-0.39, 0.29) is 0 Å². The topological polar surface area (TPSA) is 24.9 Å². The van der Waals surface area contributed by atoms with E-state index in [0.29, 0.717) is 12.2 Å². The fourth-order valence-corrected chi connectivity index (χ4v) is 2.07. The Morgan fingerprint density at radius 3 is 2.44 bits per heavy atom. The van der Waals surface area contributed by atoms with Crippen LogP contribution in [0.3, 0.4) is 0 Å². The second-order valence-electron chi connectivity index (χ2n) is 3.73. The van der Waals surface area contributed by atoms with Crippen molar-refractivity contribution >= 4 is 17.0 Å². The van der Waals surface area contributed by atoms with Gasteiger partial charge < -0.3 is 5.32 Å². The maximum Gasteiger partial charge on any atom is 0.416 e. The molecule has 0 spiro atoms. The average Bonchev–Trinajstić information content (AvgIpc) is 2.82. The van der Waals surface area contributed by atoms with Gasteiger partial charge in [-0.2, -0.15) is 13.2 Å². The van der Waals surface area contributed by atoms with E-state index >= 15 is 0 Å². The summed E-state index contributed by atoms with van der Waals surface area (Å²) in [6.07, 6.45) is -3.52. The molecule has 0 saturated heterocycles. The molecule has 0 bridgehead atoms. The zero-order chi connectivity index (χ0) is 13.0. The van der Waals surface area contributed by atoms with Crippen LogP contribution in [0.25, 0.3) is 0 Å². The molecule has 2 nitrogen and oxygen atoms in total. The van der Waals surface area contributed by atoms with Crippen LogP contribution in [0, 0.1) is 0 Å². The first kappa shape index (κ1) is 12.9. The molecule has 18 heavy (non-hydrogen) atoms. The van der Waals surface area contributed by atoms with Crippen molar-refractivity contribution < 1.29 is 13.2 Å². The molecule has 6 heteroatoms. The molecule has 2 rings (SSSR count). The van der Waals surface area contributed by atoms with Gasteiger partial charge in [0.05, 0.1) is 16.8 Å². The van der Waals surface area contributed by atoms with Gasteiger partial charge in [-0.05, 0) is 24.3 Å². The number of aromatic nitrogens is 1. The molecule has 1 aromatic heterocycles. The third-order valence-electron chi connectivity index (χ3n) is 2.41. The van der Waals surface area contributed by atoms with E-state index < -0.39 is 11.7 Å². The Labute approximate surface area is 106 Å². The van der Waals surface area contributed by atoms with Gasteiger partial charge in [0, 0.05) is 24.0 Å². The Bertz CT molecular complexity index is 477. The van der Waals surface area contributed by atoms with Crippen LogP contribution in [0.1, 0.15) is 11.3 Å². The molecule has 0 aliphatic rings. The van der Waals surface area contributed by atoms with Crippen molar-refractivity contribution in [2.75, 3.05) is 11.9 Å². The molecule has 0 aliphatic carbocycles. The summed E-state index contributed by atoms with van der Waals surface area (Å²) in [6.45, 7) is 0.648. The van der Waals surface area contributed by atoms with Crippen molar-refractivity contribution in [1.82, 2.24) is 4.98 Å². The van der Waals surface area contributed by atoms with Gasteiger partial charge in [-0.1, -0.05) is 0 Å². The second-order valence-corrected chi connectivity index (χ2v) is 4.45. The van der Waals surface area contributed by atoms with Gasteiger partial charge in [0.2, 0.25) is 0 Å². The highest BCUT2D eigenvalue weighted by Crippen LogP contribution is 2.29. The van der Waals surface area contributed by atoms with Gasteiger partial charge in [0.25, 0.3) is 0 Å². The van der Waals surface area contributed by atoms with E-state index in [2.05, 4.69) is 10.3 Å². The fourth-order valence-electron chi connectivity index (χ4n) is 1.47. The zero-order valence-electron chi connectivity index (χ0n) is 9.37. The lowest BCUT2D eigenvalue weighted by Crippen LogP contribution is -2.07. The highest BCUT2D eigenvalue weighted by molar-refractivity contribution is 7.07. The number of hydrogen-bond donors (Lipinski definition) is 1. The summed E-state index contributed by atoms with van der Waals surface area (Å²) in [6, 6.07) is 5.02. The van der Waals surface area contributed by atoms with Crippen LogP contribution in [0.5, 0.6) is 0 Å². The van der Waals surface area contributed by atoms with E-state index in [9.17, 15) is 13.2 Å². The lowest BCUT2D eigenvalue weighted by molar-refractivity contribution is -0.137. The maximum atomic E-state index is 12.3. The van der Waals surface area contributed by atoms with Crippen molar-refractivity contribution in [3.8, 4) is 0 Å². The molecular formula is C12H11F3N2S. The maximum absolute atomic E-state index is 12.3. The number of benzene rings is 1. The molecule has 2 aromatic rings. The monoisotopic (exact) mass is 272 g/mol. The zero-order valence-corrected chi connectivity index (χ0v) is 10.2. The van der Waals surface area contributed by atoms with Crippen LogP contribution in [-0.2, 0) is 12.6 Å². The Kier molecular flexibility index (Phi) is 3.86. The smallest absolute Gasteiger partial charge is 0.385 e. The Morgan fingerprint density at radius 1 is 1.17 bits per heavy atom. The molecule has 0 atom stereocenters. The van der Waals surface area contributed by atoms with E-state index in [4.69, 9.17) is 0 Å². The molecular weight excluding hydrogens is 261 g/mol. The number of hydrogen-bond acceptors (Lipinski definition) is 3. The lowest BCUT2D eigenvalue weighted by atomic mass is 10.2. The fraction of sp³-hybridized carbons (Fsp3) is 0.250. The van der Waals surface area contributed by atoms with Crippen LogP contribution in [0.4, 0.5) is 18.9 Å². The predicted octanol–water partition coefficient (Wildman–Crippen LogP) is 3.82. The van der Waals surface area contributed by atoms with Gasteiger partial charge in [0.15, 0.2) is 0 Å². The van der Waals surface area contributed by atoms with Crippen molar-refractivity contribution in [3.63, 3.8) is 0 Å². The Morgan fingerprint density at radius 2 is 1.89 bits per heavy atom. The van der Waals surface area contributed by atoms with Crippen LogP contribution in [0.15, 0.2) is 35.2 Å². The standard InChI is InChI=1S/C12H11F3N2S/c13-12(14,15)9-1-3-10(4-2-9)16-6-5-11-7-18-8-17-11/h1-4,7-8,16H,5-6H2. The summed E-state index contributed by atoms with van der Waals surface area (Å²) < 4.78 is 37.0. The first-order valence-corrected chi connectivity index (χ1v) is 6.28. The molecule has 0 radical (unpaired) electrons. The van der Waals surface area contributed by atoms with Crippen LogP contribution >= 0.6 is 11.3 Å². The lowest BCUT2D eigenvalue weighted by Gasteiger charge is -2.09. The molecule has 0 amide bonds. The number of anilines is 1. The first-order valence-electron chi connectivity index (χ1n) is 5.34. The van der Waals surface area contributed by atoms with E-state index in [1.54, 1.807) is 5.51 Å². The summed E-state index contributed by atoms with van der Waals surface area (Å²) in [4.78, 5) is 4.12. The summed E-state index contributed by atoms with van der Waals surface area (Å²) in [5.41, 5.74) is 2.79. The Hall–Kier alpha value is -1.56. The number of alkyl halides is 3. The molecule has 96 valence electrons. The second kappa shape index (κ2) is 5.39. The molecule has 0 fully saturated rings. The van der Waals surface area contributed by atoms with E-state index in [1.165, 1.54) is 23.5 Å². The van der Waals surface area contributed by atoms with Crippen LogP contribution < -0.4 is 5.32 Å². The minimum absolute atomic E-state index is 0.632. The normalized spacial score (nSPS) is 11.5. The molecule has 0 saturated carbocycles. The van der Waals surface area contributed by atoms with Gasteiger partial charge in [-0.3, -0.25) is 0 Å². The third kappa shape index (κ3) is 3.46. The number of nitrogens with one attached hydrogen (secondary N) is 1. The van der Waals surface area contributed by atoms with Crippen LogP contribution in [-0.4, -0.2) is 11.5 Å². The van der Waals surface area contributed by atoms with Crippen molar-refractivity contribution in [2.45, 2.75) is 12.6 Å². The predicted molar refractivity (Wildman–Crippen MR) is 65.8 cm³/mol. The average molecular weight is 272 g/mol. The largest absolute Gasteiger partial charge is 0.416 e. The third-order valence-corrected chi connectivity index (χ3v) is 3.04. The van der Waals surface area contributed by atoms with Crippen molar-refractivity contribution in [2.24, 2.45) is 0 Å². The molecule has 0 unspecified atom stereocenters. The molecule has 1 heterocycles. The minimum Gasteiger partial charge on any atom is -0.385 e. The highest BCUT2D eigenvalue weighted by atomic mass is 32.1. The number of nitrogens with zero attached hydrogens (tertiary/aromatic N) is 1. The number of halogens is 3. The molecule has 1 N–H and O–H groups in total. The molecule has 0 aliphatic heterocycles. The van der Waals surface area contributed by atoms with Gasteiger partial charge in [-0.25, -0.2) is 4.98 Å². The van der Waals surface area contributed by atoms with Crippen LogP contribution in [0.2, 0.25) is 0 Å². The summed E-state index contributed by atoms with van der Waals surface area (Å²) in [7, 11) is 0. The van der Waals surface area contributed by atoms with E-state index in [0.717, 1.165) is 24.2 Å². The quantitative estimate of drug-likeness (QED) is 0.915. The van der Waals surface area contributed by atoms with Gasteiger partial charge >= 0.3 is 6.18 Å².